The van der Waals surface area contributed by atoms with Gasteiger partial charge in [0, 0.05) is 5.69 Å². The normalized spacial score (nSPS) is 10.4. The molecule has 0 saturated carbocycles. The summed E-state index contributed by atoms with van der Waals surface area (Å²) in [6, 6.07) is 5.93. The lowest BCUT2D eigenvalue weighted by Crippen LogP contribution is -2.07. The topological polar surface area (TPSA) is 70.1 Å². The summed E-state index contributed by atoms with van der Waals surface area (Å²) in [5.41, 5.74) is 9.26. The van der Waals surface area contributed by atoms with Gasteiger partial charge in [0.1, 0.15) is 12.1 Å². The SMILES string of the molecule is COC(=O)c1ncn(-c2ccc(C)c(C)c2)c1N. The van der Waals surface area contributed by atoms with Crippen LogP contribution in [0.3, 0.4) is 0 Å². The number of esters is 1. The third kappa shape index (κ3) is 1.95. The molecule has 0 fully saturated rings. The Labute approximate surface area is 105 Å². The molecule has 0 amide bonds. The van der Waals surface area contributed by atoms with Gasteiger partial charge in [-0.25, -0.2) is 9.78 Å². The first-order valence-corrected chi connectivity index (χ1v) is 5.53. The van der Waals surface area contributed by atoms with Crippen molar-refractivity contribution in [1.82, 2.24) is 9.55 Å². The molecule has 2 aromatic rings. The fourth-order valence-corrected chi connectivity index (χ4v) is 1.69. The van der Waals surface area contributed by atoms with Crippen molar-refractivity contribution in [1.29, 1.82) is 0 Å². The molecule has 0 spiro atoms. The number of rotatable bonds is 2. The molecule has 1 heterocycles. The molecule has 5 nitrogen and oxygen atoms in total. The van der Waals surface area contributed by atoms with E-state index in [1.165, 1.54) is 19.0 Å². The van der Waals surface area contributed by atoms with E-state index in [-0.39, 0.29) is 11.5 Å². The first kappa shape index (κ1) is 12.2. The van der Waals surface area contributed by atoms with E-state index in [4.69, 9.17) is 5.73 Å². The maximum absolute atomic E-state index is 11.4. The molecular formula is C13H15N3O2. The number of benzene rings is 1. The zero-order chi connectivity index (χ0) is 13.3. The Morgan fingerprint density at radius 1 is 1.33 bits per heavy atom. The number of carbonyl (C=O) groups excluding carboxylic acids is 1. The van der Waals surface area contributed by atoms with Crippen LogP contribution in [-0.2, 0) is 4.74 Å². The molecule has 94 valence electrons. The predicted octanol–water partition coefficient (Wildman–Crippen LogP) is 1.86. The average molecular weight is 245 g/mol. The number of aryl methyl sites for hydroxylation is 2. The van der Waals surface area contributed by atoms with Gasteiger partial charge in [-0.05, 0) is 37.1 Å². The molecule has 0 aliphatic heterocycles. The molecule has 0 aliphatic rings. The van der Waals surface area contributed by atoms with Gasteiger partial charge in [-0.1, -0.05) is 6.07 Å². The molecule has 0 bridgehead atoms. The third-order valence-electron chi connectivity index (χ3n) is 2.95. The monoisotopic (exact) mass is 245 g/mol. The summed E-state index contributed by atoms with van der Waals surface area (Å²) in [5.74, 6) is -0.250. The highest BCUT2D eigenvalue weighted by Crippen LogP contribution is 2.20. The van der Waals surface area contributed by atoms with Gasteiger partial charge in [0.2, 0.25) is 0 Å². The Morgan fingerprint density at radius 2 is 2.06 bits per heavy atom. The zero-order valence-corrected chi connectivity index (χ0v) is 10.6. The molecule has 5 heteroatoms. The summed E-state index contributed by atoms with van der Waals surface area (Å²) in [6.45, 7) is 4.06. The fraction of sp³-hybridized carbons (Fsp3) is 0.231. The zero-order valence-electron chi connectivity index (χ0n) is 10.6. The summed E-state index contributed by atoms with van der Waals surface area (Å²) in [4.78, 5) is 15.4. The number of carbonyl (C=O) groups is 1. The molecule has 18 heavy (non-hydrogen) atoms. The van der Waals surface area contributed by atoms with Crippen LogP contribution in [-0.4, -0.2) is 22.6 Å². The van der Waals surface area contributed by atoms with Gasteiger partial charge in [0.25, 0.3) is 0 Å². The molecule has 0 saturated heterocycles. The summed E-state index contributed by atoms with van der Waals surface area (Å²) in [7, 11) is 1.30. The van der Waals surface area contributed by atoms with Gasteiger partial charge in [-0.3, -0.25) is 4.57 Å². The van der Waals surface area contributed by atoms with Crippen LogP contribution in [0.4, 0.5) is 5.82 Å². The second-order valence-electron chi connectivity index (χ2n) is 4.11. The summed E-state index contributed by atoms with van der Waals surface area (Å²) in [5, 5.41) is 0. The summed E-state index contributed by atoms with van der Waals surface area (Å²) in [6.07, 6.45) is 1.52. The molecule has 1 aromatic carbocycles. The summed E-state index contributed by atoms with van der Waals surface area (Å²) < 4.78 is 6.28. The van der Waals surface area contributed by atoms with Crippen LogP contribution < -0.4 is 5.73 Å². The minimum atomic E-state index is -0.532. The van der Waals surface area contributed by atoms with E-state index in [0.717, 1.165) is 11.3 Å². The molecule has 0 aliphatic carbocycles. The van der Waals surface area contributed by atoms with E-state index in [1.54, 1.807) is 4.57 Å². The molecule has 2 rings (SSSR count). The van der Waals surface area contributed by atoms with Gasteiger partial charge in [0.15, 0.2) is 5.69 Å². The molecule has 2 N–H and O–H groups in total. The van der Waals surface area contributed by atoms with Crippen LogP contribution in [0.2, 0.25) is 0 Å². The van der Waals surface area contributed by atoms with Gasteiger partial charge >= 0.3 is 5.97 Å². The van der Waals surface area contributed by atoms with Crippen molar-refractivity contribution in [3.05, 3.63) is 41.3 Å². The van der Waals surface area contributed by atoms with Crippen LogP contribution >= 0.6 is 0 Å². The van der Waals surface area contributed by atoms with Crippen molar-refractivity contribution in [3.8, 4) is 5.69 Å². The lowest BCUT2D eigenvalue weighted by molar-refractivity contribution is 0.0596. The smallest absolute Gasteiger partial charge is 0.360 e. The van der Waals surface area contributed by atoms with Crippen molar-refractivity contribution in [2.45, 2.75) is 13.8 Å². The number of hydrogen-bond donors (Lipinski definition) is 1. The van der Waals surface area contributed by atoms with E-state index in [0.29, 0.717) is 0 Å². The van der Waals surface area contributed by atoms with Crippen LogP contribution in [0.15, 0.2) is 24.5 Å². The summed E-state index contributed by atoms with van der Waals surface area (Å²) >= 11 is 0. The first-order chi connectivity index (χ1) is 8.54. The number of nitrogen functional groups attached to an aromatic ring is 1. The average Bonchev–Trinajstić information content (AvgIpc) is 2.74. The molecule has 0 unspecified atom stereocenters. The van der Waals surface area contributed by atoms with Crippen LogP contribution in [0.1, 0.15) is 21.6 Å². The van der Waals surface area contributed by atoms with Gasteiger partial charge in [-0.2, -0.15) is 0 Å². The minimum absolute atomic E-state index is 0.135. The minimum Gasteiger partial charge on any atom is -0.464 e. The van der Waals surface area contributed by atoms with E-state index < -0.39 is 5.97 Å². The second-order valence-corrected chi connectivity index (χ2v) is 4.11. The standard InChI is InChI=1S/C13H15N3O2/c1-8-4-5-10(6-9(8)2)16-7-15-11(12(16)14)13(17)18-3/h4-7H,14H2,1-3H3. The van der Waals surface area contributed by atoms with Crippen LogP contribution in [0.5, 0.6) is 0 Å². The fourth-order valence-electron chi connectivity index (χ4n) is 1.69. The van der Waals surface area contributed by atoms with Crippen molar-refractivity contribution >= 4 is 11.8 Å². The van der Waals surface area contributed by atoms with E-state index in [1.807, 2.05) is 32.0 Å². The van der Waals surface area contributed by atoms with E-state index in [9.17, 15) is 4.79 Å². The second kappa shape index (κ2) is 4.52. The maximum atomic E-state index is 11.4. The first-order valence-electron chi connectivity index (χ1n) is 5.53. The number of aromatic nitrogens is 2. The van der Waals surface area contributed by atoms with Crippen molar-refractivity contribution in [2.75, 3.05) is 12.8 Å². The molecular weight excluding hydrogens is 230 g/mol. The van der Waals surface area contributed by atoms with Gasteiger partial charge in [0.05, 0.1) is 7.11 Å². The largest absolute Gasteiger partial charge is 0.464 e. The number of methoxy groups -OCH3 is 1. The van der Waals surface area contributed by atoms with Gasteiger partial charge < -0.3 is 10.5 Å². The Bertz CT molecular complexity index is 602. The van der Waals surface area contributed by atoms with E-state index in [2.05, 4.69) is 9.72 Å². The van der Waals surface area contributed by atoms with Gasteiger partial charge in [-0.15, -0.1) is 0 Å². The van der Waals surface area contributed by atoms with Crippen molar-refractivity contribution < 1.29 is 9.53 Å². The van der Waals surface area contributed by atoms with Crippen LogP contribution in [0, 0.1) is 13.8 Å². The van der Waals surface area contributed by atoms with E-state index >= 15 is 0 Å². The molecule has 0 atom stereocenters. The lowest BCUT2D eigenvalue weighted by Gasteiger charge is -2.08. The number of hydrogen-bond acceptors (Lipinski definition) is 4. The lowest BCUT2D eigenvalue weighted by atomic mass is 10.1. The Balaban J connectivity index is 2.48. The Morgan fingerprint density at radius 3 is 2.67 bits per heavy atom. The van der Waals surface area contributed by atoms with Crippen molar-refractivity contribution in [3.63, 3.8) is 0 Å². The Kier molecular flexibility index (Phi) is 3.06. The molecule has 1 aromatic heterocycles. The highest BCUT2D eigenvalue weighted by atomic mass is 16.5. The number of nitrogens with zero attached hydrogens (tertiary/aromatic N) is 2. The quantitative estimate of drug-likeness (QED) is 0.820. The predicted molar refractivity (Wildman–Crippen MR) is 68.8 cm³/mol. The number of imidazole rings is 1. The Hall–Kier alpha value is -2.30. The molecule has 0 radical (unpaired) electrons. The number of nitrogens with two attached hydrogens (primary N) is 1. The number of anilines is 1. The van der Waals surface area contributed by atoms with Crippen molar-refractivity contribution in [2.24, 2.45) is 0 Å². The highest BCUT2D eigenvalue weighted by molar-refractivity contribution is 5.92. The highest BCUT2D eigenvalue weighted by Gasteiger charge is 2.16. The third-order valence-corrected chi connectivity index (χ3v) is 2.95. The van der Waals surface area contributed by atoms with Crippen LogP contribution in [0.25, 0.3) is 5.69 Å². The maximum Gasteiger partial charge on any atom is 0.360 e. The number of ether oxygens (including phenoxy) is 1.